The molecule has 1 N–H and O–H groups in total. The highest BCUT2D eigenvalue weighted by molar-refractivity contribution is 5.96. The number of ketones is 1. The molecule has 0 bridgehead atoms. The average molecular weight is 493 g/mol. The molecule has 5 aliphatic rings. The molecule has 36 heavy (non-hydrogen) atoms. The molecule has 0 aromatic heterocycles. The summed E-state index contributed by atoms with van der Waals surface area (Å²) in [6.07, 6.45) is 13.4. The molecule has 194 valence electrons. The molecule has 1 unspecified atom stereocenters. The molecule has 1 aromatic carbocycles. The van der Waals surface area contributed by atoms with E-state index in [0.29, 0.717) is 24.2 Å². The molecule has 5 heteroatoms. The van der Waals surface area contributed by atoms with Crippen molar-refractivity contribution in [3.8, 4) is 0 Å². The number of benzene rings is 1. The van der Waals surface area contributed by atoms with Gasteiger partial charge in [0.25, 0.3) is 0 Å². The third kappa shape index (κ3) is 3.75. The van der Waals surface area contributed by atoms with Crippen molar-refractivity contribution < 1.29 is 14.0 Å². The lowest BCUT2D eigenvalue weighted by Gasteiger charge is -2.58. The van der Waals surface area contributed by atoms with E-state index < -0.39 is 0 Å². The predicted molar refractivity (Wildman–Crippen MR) is 140 cm³/mol. The van der Waals surface area contributed by atoms with E-state index in [1.165, 1.54) is 18.6 Å². The number of halogens is 1. The lowest BCUT2D eigenvalue weighted by Crippen LogP contribution is -2.57. The zero-order valence-electron chi connectivity index (χ0n) is 21.9. The average Bonchev–Trinajstić information content (AvgIpc) is 3.24. The van der Waals surface area contributed by atoms with Gasteiger partial charge in [0.2, 0.25) is 5.91 Å². The number of nitrogens with zero attached hydrogens (tertiary/aromatic N) is 1. The normalized spacial score (nSPS) is 38.3. The molecular weight excluding hydrogens is 451 g/mol. The van der Waals surface area contributed by atoms with Crippen molar-refractivity contribution in [2.75, 3.05) is 11.4 Å². The Bertz CT molecular complexity index is 1060. The fourth-order valence-electron chi connectivity index (χ4n) is 9.18. The molecule has 1 aromatic rings. The fraction of sp³-hybridized carbons (Fsp3) is 0.677. The maximum Gasteiger partial charge on any atom is 0.230 e. The van der Waals surface area contributed by atoms with E-state index in [1.54, 1.807) is 12.1 Å². The summed E-state index contributed by atoms with van der Waals surface area (Å²) in [5, 5.41) is 3.68. The SMILES string of the molecule is C[C@]12CCC(=O)C=C1NC[C@@H]1[C@H]2CC[C@]2(C)C(C(=O)N(c3ccc(F)cc3)C3CCCCC3)CC[C@@H]12. The van der Waals surface area contributed by atoms with Crippen LogP contribution in [0.15, 0.2) is 36.0 Å². The largest absolute Gasteiger partial charge is 0.387 e. The Hall–Kier alpha value is -2.17. The Morgan fingerprint density at radius 2 is 1.72 bits per heavy atom. The van der Waals surface area contributed by atoms with Crippen molar-refractivity contribution in [3.05, 3.63) is 41.9 Å². The van der Waals surface area contributed by atoms with Crippen LogP contribution in [0.5, 0.6) is 0 Å². The standard InChI is InChI=1S/C31H41FN2O2/c1-30-17-15-26-24(19-33-28-18-23(35)14-16-31(26,28)2)25(30)12-13-27(30)29(36)34(21-6-4-3-5-7-21)22-10-8-20(32)9-11-22/h8-11,18,21,24-27,33H,3-7,12-17,19H2,1-2H3/t24-,25-,26+,27?,30-,31+/m0/s1. The second-order valence-electron chi connectivity index (χ2n) is 12.9. The van der Waals surface area contributed by atoms with Crippen molar-refractivity contribution in [2.45, 2.75) is 90.5 Å². The molecule has 1 saturated heterocycles. The predicted octanol–water partition coefficient (Wildman–Crippen LogP) is 6.41. The summed E-state index contributed by atoms with van der Waals surface area (Å²) >= 11 is 0. The lowest BCUT2D eigenvalue weighted by atomic mass is 9.50. The number of amides is 1. The summed E-state index contributed by atoms with van der Waals surface area (Å²) in [6.45, 7) is 5.69. The van der Waals surface area contributed by atoms with E-state index in [4.69, 9.17) is 0 Å². The number of carbonyl (C=O) groups excluding carboxylic acids is 2. The van der Waals surface area contributed by atoms with E-state index in [-0.39, 0.29) is 40.3 Å². The summed E-state index contributed by atoms with van der Waals surface area (Å²) < 4.78 is 13.8. The lowest BCUT2D eigenvalue weighted by molar-refractivity contribution is -0.130. The van der Waals surface area contributed by atoms with Crippen molar-refractivity contribution in [3.63, 3.8) is 0 Å². The molecular formula is C31H41FN2O2. The smallest absolute Gasteiger partial charge is 0.230 e. The highest BCUT2D eigenvalue weighted by atomic mass is 19.1. The molecule has 6 atom stereocenters. The molecule has 1 aliphatic heterocycles. The van der Waals surface area contributed by atoms with Gasteiger partial charge in [-0.15, -0.1) is 0 Å². The number of carbonyl (C=O) groups is 2. The number of hydrogen-bond acceptors (Lipinski definition) is 3. The van der Waals surface area contributed by atoms with E-state index in [2.05, 4.69) is 24.1 Å². The Morgan fingerprint density at radius 1 is 0.972 bits per heavy atom. The van der Waals surface area contributed by atoms with Crippen LogP contribution in [0.1, 0.15) is 84.5 Å². The first-order valence-corrected chi connectivity index (χ1v) is 14.4. The van der Waals surface area contributed by atoms with E-state index in [9.17, 15) is 14.0 Å². The zero-order chi connectivity index (χ0) is 25.1. The maximum atomic E-state index is 14.4. The Labute approximate surface area is 215 Å². The first kappa shape index (κ1) is 24.2. The molecule has 4 aliphatic carbocycles. The van der Waals surface area contributed by atoms with Gasteiger partial charge < -0.3 is 10.2 Å². The molecule has 1 heterocycles. The van der Waals surface area contributed by atoms with Crippen LogP contribution in [-0.4, -0.2) is 24.3 Å². The van der Waals surface area contributed by atoms with E-state index >= 15 is 0 Å². The van der Waals surface area contributed by atoms with Crippen molar-refractivity contribution in [1.29, 1.82) is 0 Å². The van der Waals surface area contributed by atoms with Gasteiger partial charge in [0, 0.05) is 47.8 Å². The second kappa shape index (κ2) is 8.99. The van der Waals surface area contributed by atoms with Gasteiger partial charge in [0.15, 0.2) is 5.78 Å². The number of piperidine rings is 1. The van der Waals surface area contributed by atoms with Gasteiger partial charge >= 0.3 is 0 Å². The van der Waals surface area contributed by atoms with Crippen molar-refractivity contribution in [2.24, 2.45) is 34.5 Å². The third-order valence-corrected chi connectivity index (χ3v) is 11.2. The van der Waals surface area contributed by atoms with Crippen LogP contribution in [-0.2, 0) is 9.59 Å². The maximum absolute atomic E-state index is 14.4. The molecule has 3 saturated carbocycles. The third-order valence-electron chi connectivity index (χ3n) is 11.2. The second-order valence-corrected chi connectivity index (χ2v) is 12.9. The molecule has 4 nitrogen and oxygen atoms in total. The minimum Gasteiger partial charge on any atom is -0.387 e. The topological polar surface area (TPSA) is 49.4 Å². The van der Waals surface area contributed by atoms with Crippen molar-refractivity contribution >= 4 is 17.4 Å². The number of hydrogen-bond donors (Lipinski definition) is 1. The zero-order valence-corrected chi connectivity index (χ0v) is 21.9. The Kier molecular flexibility index (Phi) is 6.04. The fourth-order valence-corrected chi connectivity index (χ4v) is 9.18. The molecule has 0 spiro atoms. The summed E-state index contributed by atoms with van der Waals surface area (Å²) in [5.74, 6) is 1.95. The van der Waals surface area contributed by atoms with Gasteiger partial charge in [0.05, 0.1) is 0 Å². The van der Waals surface area contributed by atoms with Gasteiger partial charge in [-0.1, -0.05) is 33.1 Å². The Balaban J connectivity index is 1.29. The minimum atomic E-state index is -0.253. The molecule has 1 amide bonds. The minimum absolute atomic E-state index is 0.00502. The van der Waals surface area contributed by atoms with Crippen LogP contribution >= 0.6 is 0 Å². The summed E-state index contributed by atoms with van der Waals surface area (Å²) in [4.78, 5) is 28.7. The summed E-state index contributed by atoms with van der Waals surface area (Å²) in [7, 11) is 0. The van der Waals surface area contributed by atoms with Gasteiger partial charge in [-0.05, 0) is 92.4 Å². The van der Waals surface area contributed by atoms with E-state index in [1.807, 2.05) is 6.08 Å². The number of rotatable bonds is 3. The number of nitrogens with one attached hydrogen (secondary N) is 1. The van der Waals surface area contributed by atoms with Crippen LogP contribution in [0.3, 0.4) is 0 Å². The van der Waals surface area contributed by atoms with Crippen LogP contribution in [0.2, 0.25) is 0 Å². The number of fused-ring (bicyclic) bond motifs is 5. The monoisotopic (exact) mass is 492 g/mol. The van der Waals surface area contributed by atoms with E-state index in [0.717, 1.165) is 75.7 Å². The highest BCUT2D eigenvalue weighted by Gasteiger charge is 2.61. The first-order valence-electron chi connectivity index (χ1n) is 14.4. The van der Waals surface area contributed by atoms with Gasteiger partial charge in [-0.25, -0.2) is 4.39 Å². The molecule has 0 radical (unpaired) electrons. The quantitative estimate of drug-likeness (QED) is 0.531. The van der Waals surface area contributed by atoms with Crippen LogP contribution in [0.4, 0.5) is 10.1 Å². The van der Waals surface area contributed by atoms with Gasteiger partial charge in [-0.2, -0.15) is 0 Å². The highest BCUT2D eigenvalue weighted by Crippen LogP contribution is 2.64. The first-order chi connectivity index (χ1) is 17.3. The van der Waals surface area contributed by atoms with Gasteiger partial charge in [0.1, 0.15) is 5.82 Å². The molecule has 4 fully saturated rings. The van der Waals surface area contributed by atoms with Crippen LogP contribution in [0.25, 0.3) is 0 Å². The number of anilines is 1. The van der Waals surface area contributed by atoms with Crippen molar-refractivity contribution in [1.82, 2.24) is 5.32 Å². The van der Waals surface area contributed by atoms with Gasteiger partial charge in [-0.3, -0.25) is 9.59 Å². The summed E-state index contributed by atoms with van der Waals surface area (Å²) in [6, 6.07) is 6.82. The summed E-state index contributed by atoms with van der Waals surface area (Å²) in [5.41, 5.74) is 2.08. The van der Waals surface area contributed by atoms with Crippen LogP contribution in [0, 0.1) is 40.3 Å². The molecule has 6 rings (SSSR count). The number of allylic oxidation sites excluding steroid dienone is 2. The Morgan fingerprint density at radius 3 is 2.47 bits per heavy atom. The van der Waals surface area contributed by atoms with Crippen LogP contribution < -0.4 is 10.2 Å².